The smallest absolute Gasteiger partial charge is 0.383 e. The Hall–Kier alpha value is -4.48. The Morgan fingerprint density at radius 1 is 0.911 bits per heavy atom. The molecule has 2 atom stereocenters. The molecule has 0 spiro atoms. The molecule has 2 unspecified atom stereocenters. The molecule has 6 heterocycles. The molecule has 7 rings (SSSR count). The summed E-state index contributed by atoms with van der Waals surface area (Å²) in [5.74, 6) is 0.267. The summed E-state index contributed by atoms with van der Waals surface area (Å²) in [7, 11) is 0. The van der Waals surface area contributed by atoms with Crippen LogP contribution in [0.15, 0.2) is 24.5 Å². The van der Waals surface area contributed by atoms with Gasteiger partial charge in [0.1, 0.15) is 5.82 Å². The molecule has 2 aliphatic heterocycles. The van der Waals surface area contributed by atoms with Crippen molar-refractivity contribution in [2.24, 2.45) is 5.73 Å². The van der Waals surface area contributed by atoms with Crippen molar-refractivity contribution in [3.05, 3.63) is 47.3 Å². The highest BCUT2D eigenvalue weighted by atomic mass is 19.4. The van der Waals surface area contributed by atoms with Crippen LogP contribution >= 0.6 is 0 Å². The minimum absolute atomic E-state index is 0.0212. The number of aromatic nitrogens is 7. The van der Waals surface area contributed by atoms with Gasteiger partial charge in [-0.25, -0.2) is 4.98 Å². The summed E-state index contributed by atoms with van der Waals surface area (Å²) in [6.07, 6.45) is -4.75. The number of anilines is 2. The summed E-state index contributed by atoms with van der Waals surface area (Å²) in [5, 5.41) is 10.7. The molecule has 18 heteroatoms. The Balaban J connectivity index is 1.25. The Morgan fingerprint density at radius 3 is 2.11 bits per heavy atom. The number of nitrogens with zero attached hydrogens (tertiary/aromatic N) is 7. The lowest BCUT2D eigenvalue weighted by Crippen LogP contribution is -2.61. The zero-order chi connectivity index (χ0) is 32.1. The molecule has 2 saturated heterocycles. The normalized spacial score (nSPS) is 22.4. The fourth-order valence-corrected chi connectivity index (χ4v) is 6.81. The number of aromatic amines is 1. The van der Waals surface area contributed by atoms with E-state index in [1.807, 2.05) is 4.90 Å². The molecule has 12 nitrogen and oxygen atoms in total. The third kappa shape index (κ3) is 4.47. The number of carbonyl (C=O) groups is 1. The van der Waals surface area contributed by atoms with Crippen LogP contribution in [0.1, 0.15) is 77.9 Å². The summed E-state index contributed by atoms with van der Waals surface area (Å²) in [4.78, 5) is 27.5. The van der Waals surface area contributed by atoms with Gasteiger partial charge in [-0.3, -0.25) is 14.9 Å². The fraction of sp³-hybridized carbons (Fsp3) is 0.481. The number of hydrogen-bond donors (Lipinski definition) is 4. The van der Waals surface area contributed by atoms with Crippen LogP contribution in [0, 0.1) is 0 Å². The van der Waals surface area contributed by atoms with Crippen LogP contribution in [0.5, 0.6) is 0 Å². The molecule has 0 aromatic carbocycles. The molecule has 3 fully saturated rings. The fourth-order valence-electron chi connectivity index (χ4n) is 6.81. The molecule has 3 aliphatic rings. The number of alkyl halides is 6. The average molecular weight is 636 g/mol. The second-order valence-electron chi connectivity index (χ2n) is 11.9. The first kappa shape index (κ1) is 29.2. The van der Waals surface area contributed by atoms with Gasteiger partial charge in [0.15, 0.2) is 5.65 Å². The predicted molar refractivity (Wildman–Crippen MR) is 146 cm³/mol. The number of pyridine rings is 1. The van der Waals surface area contributed by atoms with E-state index in [-0.39, 0.29) is 52.8 Å². The van der Waals surface area contributed by atoms with Crippen molar-refractivity contribution < 1.29 is 31.1 Å². The summed E-state index contributed by atoms with van der Waals surface area (Å²) in [5.41, 5.74) is 13.5. The van der Waals surface area contributed by atoms with Gasteiger partial charge in [-0.1, -0.05) is 6.07 Å². The minimum atomic E-state index is -5.84. The maximum absolute atomic E-state index is 13.5. The maximum atomic E-state index is 13.5. The van der Waals surface area contributed by atoms with Crippen LogP contribution in [0.2, 0.25) is 0 Å². The minimum Gasteiger partial charge on any atom is -0.383 e. The van der Waals surface area contributed by atoms with E-state index in [1.54, 1.807) is 0 Å². The second kappa shape index (κ2) is 9.76. The van der Waals surface area contributed by atoms with Crippen LogP contribution in [-0.2, 0) is 5.54 Å². The molecule has 45 heavy (non-hydrogen) atoms. The Kier molecular flexibility index (Phi) is 6.34. The molecule has 238 valence electrons. The SMILES string of the molecule is Nc1n[nH]c(C(=O)N2C3CCC2CC(c2nc4c(-c5ccc(C(N)(C(F)(F)F)C(F)(F)F)nc5)cnn4c(N)c2C2CC2)C3)n1. The summed E-state index contributed by atoms with van der Waals surface area (Å²) < 4.78 is 82.4. The molecule has 4 aromatic heterocycles. The molecule has 2 bridgehead atoms. The van der Waals surface area contributed by atoms with Crippen LogP contribution in [0.25, 0.3) is 16.8 Å². The third-order valence-electron chi connectivity index (χ3n) is 9.17. The van der Waals surface area contributed by atoms with Crippen molar-refractivity contribution in [3.63, 3.8) is 0 Å². The number of nitrogens with one attached hydrogen (secondary N) is 1. The van der Waals surface area contributed by atoms with Gasteiger partial charge < -0.3 is 22.1 Å². The maximum Gasteiger partial charge on any atom is 0.421 e. The lowest BCUT2D eigenvalue weighted by Gasteiger charge is -2.39. The van der Waals surface area contributed by atoms with Crippen LogP contribution < -0.4 is 17.2 Å². The zero-order valence-corrected chi connectivity index (χ0v) is 23.4. The number of rotatable bonds is 5. The molecule has 1 saturated carbocycles. The van der Waals surface area contributed by atoms with Crippen molar-refractivity contribution >= 4 is 23.3 Å². The van der Waals surface area contributed by atoms with Gasteiger partial charge in [-0.15, -0.1) is 5.10 Å². The number of piperidine rings is 1. The Morgan fingerprint density at radius 2 is 1.58 bits per heavy atom. The third-order valence-corrected chi connectivity index (χ3v) is 9.17. The topological polar surface area (TPSA) is 183 Å². The summed E-state index contributed by atoms with van der Waals surface area (Å²) in [6.45, 7) is 0. The molecule has 4 aromatic rings. The van der Waals surface area contributed by atoms with E-state index in [4.69, 9.17) is 22.2 Å². The summed E-state index contributed by atoms with van der Waals surface area (Å²) >= 11 is 0. The number of halogens is 6. The second-order valence-corrected chi connectivity index (χ2v) is 11.9. The van der Waals surface area contributed by atoms with Gasteiger partial charge in [0, 0.05) is 40.9 Å². The van der Waals surface area contributed by atoms with Crippen molar-refractivity contribution in [3.8, 4) is 11.1 Å². The monoisotopic (exact) mass is 635 g/mol. The number of H-pyrrole nitrogens is 1. The van der Waals surface area contributed by atoms with Gasteiger partial charge in [-0.05, 0) is 50.5 Å². The van der Waals surface area contributed by atoms with Gasteiger partial charge in [-0.2, -0.15) is 40.9 Å². The number of nitrogens with two attached hydrogens (primary N) is 3. The number of fused-ring (bicyclic) bond motifs is 3. The number of amides is 1. The lowest BCUT2D eigenvalue weighted by molar-refractivity contribution is -0.303. The van der Waals surface area contributed by atoms with Gasteiger partial charge >= 0.3 is 12.4 Å². The Bertz CT molecular complexity index is 1770. The Labute approximate surface area is 250 Å². The van der Waals surface area contributed by atoms with E-state index >= 15 is 0 Å². The van der Waals surface area contributed by atoms with Crippen LogP contribution in [0.3, 0.4) is 0 Å². The zero-order valence-electron chi connectivity index (χ0n) is 23.4. The summed E-state index contributed by atoms with van der Waals surface area (Å²) in [6, 6.07) is 1.51. The first-order valence-electron chi connectivity index (χ1n) is 14.3. The van der Waals surface area contributed by atoms with Crippen LogP contribution in [-0.4, -0.2) is 70.0 Å². The van der Waals surface area contributed by atoms with Crippen molar-refractivity contribution in [1.82, 2.24) is 39.7 Å². The molecule has 0 radical (unpaired) electrons. The van der Waals surface area contributed by atoms with Gasteiger partial charge in [0.05, 0.1) is 17.6 Å². The van der Waals surface area contributed by atoms with Crippen molar-refractivity contribution in [2.75, 3.05) is 11.5 Å². The largest absolute Gasteiger partial charge is 0.421 e. The molecule has 7 N–H and O–H groups in total. The van der Waals surface area contributed by atoms with Gasteiger partial charge in [0.2, 0.25) is 11.8 Å². The van der Waals surface area contributed by atoms with Crippen LogP contribution in [0.4, 0.5) is 38.1 Å². The number of nitrogen functional groups attached to an aromatic ring is 2. The van der Waals surface area contributed by atoms with Crippen molar-refractivity contribution in [2.45, 2.75) is 80.3 Å². The molecule has 1 aliphatic carbocycles. The van der Waals surface area contributed by atoms with Gasteiger partial charge in [0.25, 0.3) is 11.4 Å². The average Bonchev–Trinajstić information content (AvgIpc) is 3.47. The first-order valence-corrected chi connectivity index (χ1v) is 14.3. The number of hydrogen-bond acceptors (Lipinski definition) is 9. The van der Waals surface area contributed by atoms with E-state index in [9.17, 15) is 31.1 Å². The molecule has 1 amide bonds. The van der Waals surface area contributed by atoms with E-state index in [0.29, 0.717) is 30.3 Å². The molecular formula is C27H27F6N11O. The quantitative estimate of drug-likeness (QED) is 0.237. The van der Waals surface area contributed by atoms with Crippen molar-refractivity contribution in [1.29, 1.82) is 0 Å². The number of carbonyl (C=O) groups excluding carboxylic acids is 1. The van der Waals surface area contributed by atoms with E-state index in [0.717, 1.165) is 49.2 Å². The highest BCUT2D eigenvalue weighted by Gasteiger charge is 2.70. The van der Waals surface area contributed by atoms with E-state index < -0.39 is 23.6 Å². The first-order chi connectivity index (χ1) is 21.2. The van der Waals surface area contributed by atoms with E-state index in [1.165, 1.54) is 10.7 Å². The highest BCUT2D eigenvalue weighted by molar-refractivity contribution is 5.91. The standard InChI is InChI=1S/C27H27F6N11O/c28-26(29,30)25(36,27(31,32)33)17-6-3-12(9-37-17)16-10-38-44-20(34)18(11-1-2-11)19(39-22(16)44)13-7-14-4-5-15(8-13)43(14)23(45)21-40-24(35)42-41-21/h3,6,9-11,13-15H,1-2,4-5,7-8,34,36H2,(H3,35,40,41,42). The predicted octanol–water partition coefficient (Wildman–Crippen LogP) is 3.78. The lowest BCUT2D eigenvalue weighted by atomic mass is 9.85. The molecular weight excluding hydrogens is 608 g/mol. The van der Waals surface area contributed by atoms with E-state index in [2.05, 4.69) is 25.3 Å². The highest BCUT2D eigenvalue weighted by Crippen LogP contribution is 2.51.